The molecule has 1 nitrogen and oxygen atoms in total. The number of aliphatic hydroxyl groups excluding tert-OH is 1. The van der Waals surface area contributed by atoms with E-state index in [0.29, 0.717) is 17.3 Å². The van der Waals surface area contributed by atoms with Crippen molar-refractivity contribution in [2.45, 2.75) is 105 Å². The first-order valence-electron chi connectivity index (χ1n) is 13.2. The Morgan fingerprint density at radius 1 is 1.16 bits per heavy atom. The summed E-state index contributed by atoms with van der Waals surface area (Å²) in [6.07, 6.45) is 19.3. The van der Waals surface area contributed by atoms with Gasteiger partial charge < -0.3 is 5.11 Å². The molecular formula is C30H46O. The van der Waals surface area contributed by atoms with Crippen molar-refractivity contribution in [2.75, 3.05) is 0 Å². The van der Waals surface area contributed by atoms with Crippen LogP contribution in [0.2, 0.25) is 0 Å². The summed E-state index contributed by atoms with van der Waals surface area (Å²) in [6.45, 7) is 16.5. The van der Waals surface area contributed by atoms with E-state index in [1.807, 2.05) is 0 Å². The summed E-state index contributed by atoms with van der Waals surface area (Å²) >= 11 is 0. The van der Waals surface area contributed by atoms with Gasteiger partial charge in [-0.2, -0.15) is 0 Å². The van der Waals surface area contributed by atoms with Crippen LogP contribution in [0.1, 0.15) is 98.8 Å². The molecule has 0 aromatic rings. The van der Waals surface area contributed by atoms with Gasteiger partial charge in [-0.25, -0.2) is 0 Å². The smallest absolute Gasteiger partial charge is 0.0578 e. The molecule has 0 amide bonds. The van der Waals surface area contributed by atoms with E-state index in [0.717, 1.165) is 37.5 Å². The van der Waals surface area contributed by atoms with E-state index in [-0.39, 0.29) is 11.5 Å². The molecule has 0 aliphatic heterocycles. The van der Waals surface area contributed by atoms with E-state index in [1.165, 1.54) is 49.7 Å². The molecule has 0 spiro atoms. The van der Waals surface area contributed by atoms with Crippen LogP contribution < -0.4 is 0 Å². The Morgan fingerprint density at radius 3 is 2.65 bits per heavy atom. The topological polar surface area (TPSA) is 20.2 Å². The fourth-order valence-corrected chi connectivity index (χ4v) is 7.98. The fraction of sp³-hybridized carbons (Fsp3) is 0.733. The van der Waals surface area contributed by atoms with Crippen LogP contribution >= 0.6 is 0 Å². The molecule has 0 radical (unpaired) electrons. The van der Waals surface area contributed by atoms with Crippen LogP contribution in [0.5, 0.6) is 0 Å². The summed E-state index contributed by atoms with van der Waals surface area (Å²) in [7, 11) is 0. The van der Waals surface area contributed by atoms with Crippen molar-refractivity contribution < 1.29 is 5.11 Å². The monoisotopic (exact) mass is 422 g/mol. The van der Waals surface area contributed by atoms with Crippen LogP contribution in [0.3, 0.4) is 0 Å². The van der Waals surface area contributed by atoms with Crippen molar-refractivity contribution in [3.05, 3.63) is 47.1 Å². The van der Waals surface area contributed by atoms with Gasteiger partial charge in [0.25, 0.3) is 0 Å². The first-order valence-corrected chi connectivity index (χ1v) is 13.2. The second-order valence-electron chi connectivity index (χ2n) is 11.8. The summed E-state index contributed by atoms with van der Waals surface area (Å²) in [5.74, 6) is 3.05. The lowest BCUT2D eigenvalue weighted by atomic mass is 9.54. The van der Waals surface area contributed by atoms with Crippen molar-refractivity contribution in [3.63, 3.8) is 0 Å². The van der Waals surface area contributed by atoms with Gasteiger partial charge >= 0.3 is 0 Å². The minimum atomic E-state index is -0.142. The molecule has 0 unspecified atom stereocenters. The summed E-state index contributed by atoms with van der Waals surface area (Å²) in [6, 6.07) is 0. The summed E-state index contributed by atoms with van der Waals surface area (Å²) in [5.41, 5.74) is 6.78. The number of fused-ring (bicyclic) bond motifs is 5. The van der Waals surface area contributed by atoms with Gasteiger partial charge in [0.2, 0.25) is 0 Å². The second kappa shape index (κ2) is 8.69. The minimum absolute atomic E-state index is 0.142. The number of hydrogen-bond acceptors (Lipinski definition) is 1. The quantitative estimate of drug-likeness (QED) is 0.410. The van der Waals surface area contributed by atoms with Crippen LogP contribution in [0.4, 0.5) is 0 Å². The Bertz CT molecular complexity index is 797. The average Bonchev–Trinajstić information content (AvgIpc) is 3.11. The minimum Gasteiger partial charge on any atom is -0.393 e. The Hall–Kier alpha value is -1.08. The predicted molar refractivity (Wildman–Crippen MR) is 133 cm³/mol. The third kappa shape index (κ3) is 3.84. The number of allylic oxidation sites excluding steroid dienone is 6. The lowest BCUT2D eigenvalue weighted by Crippen LogP contribution is -2.41. The van der Waals surface area contributed by atoms with Crippen molar-refractivity contribution >= 4 is 0 Å². The van der Waals surface area contributed by atoms with Gasteiger partial charge in [0.05, 0.1) is 6.10 Å². The Balaban J connectivity index is 1.53. The highest BCUT2D eigenvalue weighted by Gasteiger charge is 2.54. The van der Waals surface area contributed by atoms with Crippen molar-refractivity contribution in [2.24, 2.45) is 34.5 Å². The average molecular weight is 423 g/mol. The number of hydrogen-bond donors (Lipinski definition) is 1. The highest BCUT2D eigenvalue weighted by atomic mass is 16.3. The molecule has 2 fully saturated rings. The molecule has 1 N–H and O–H groups in total. The largest absolute Gasteiger partial charge is 0.393 e. The van der Waals surface area contributed by atoms with Gasteiger partial charge in [-0.1, -0.05) is 70.6 Å². The first-order chi connectivity index (χ1) is 14.7. The van der Waals surface area contributed by atoms with E-state index in [2.05, 4.69) is 59.4 Å². The maximum atomic E-state index is 10.2. The molecule has 4 aliphatic carbocycles. The summed E-state index contributed by atoms with van der Waals surface area (Å²) < 4.78 is 0. The molecule has 0 aromatic carbocycles. The first kappa shape index (κ1) is 23.1. The predicted octanol–water partition coefficient (Wildman–Crippen LogP) is 8.18. The number of rotatable bonds is 7. The molecule has 1 heteroatoms. The highest BCUT2D eigenvalue weighted by Crippen LogP contribution is 2.64. The second-order valence-corrected chi connectivity index (χ2v) is 11.8. The number of aliphatic hydroxyl groups is 1. The van der Waals surface area contributed by atoms with Crippen LogP contribution in [0, 0.1) is 34.5 Å². The molecule has 4 aliphatic rings. The van der Waals surface area contributed by atoms with Crippen molar-refractivity contribution in [1.29, 1.82) is 0 Å². The van der Waals surface area contributed by atoms with E-state index in [4.69, 9.17) is 0 Å². The van der Waals surface area contributed by atoms with E-state index in [1.54, 1.807) is 11.1 Å². The Kier molecular flexibility index (Phi) is 6.48. The summed E-state index contributed by atoms with van der Waals surface area (Å²) in [4.78, 5) is 0. The zero-order valence-electron chi connectivity index (χ0n) is 20.8. The Labute approximate surface area is 191 Å². The molecule has 172 valence electrons. The van der Waals surface area contributed by atoms with Gasteiger partial charge in [-0.05, 0) is 104 Å². The molecule has 4 rings (SSSR count). The third-order valence-electron chi connectivity index (χ3n) is 10.2. The molecule has 2 saturated carbocycles. The maximum absolute atomic E-state index is 10.2. The van der Waals surface area contributed by atoms with E-state index >= 15 is 0 Å². The molecule has 0 aromatic heterocycles. The lowest BCUT2D eigenvalue weighted by Gasteiger charge is -2.50. The van der Waals surface area contributed by atoms with E-state index < -0.39 is 0 Å². The normalized spacial score (nSPS) is 38.8. The maximum Gasteiger partial charge on any atom is 0.0578 e. The van der Waals surface area contributed by atoms with Crippen molar-refractivity contribution in [3.8, 4) is 0 Å². The van der Waals surface area contributed by atoms with Gasteiger partial charge in [0.15, 0.2) is 0 Å². The third-order valence-corrected chi connectivity index (χ3v) is 10.2. The van der Waals surface area contributed by atoms with Gasteiger partial charge in [0.1, 0.15) is 0 Å². The molecule has 0 bridgehead atoms. The molecule has 0 heterocycles. The fourth-order valence-electron chi connectivity index (χ4n) is 7.98. The molecule has 31 heavy (non-hydrogen) atoms. The van der Waals surface area contributed by atoms with Crippen LogP contribution in [-0.4, -0.2) is 11.2 Å². The standard InChI is InChI=1S/C30H46O/c1-7-20(3)22(8-2)10-9-21(4)26-13-14-27-25-12-11-23-19-24(31)15-17-29(23,5)28(25)16-18-30(26,27)6/h11-12,16,21-22,24,26-27,31H,3,7-10,13-15,17-19H2,1-2,4-6H3/t21-,22-,24+,26-,27+,29+,30-/m1/s1. The van der Waals surface area contributed by atoms with E-state index in [9.17, 15) is 5.11 Å². The van der Waals surface area contributed by atoms with Crippen LogP contribution in [-0.2, 0) is 0 Å². The Morgan fingerprint density at radius 2 is 1.94 bits per heavy atom. The molecule has 0 saturated heterocycles. The molecular weight excluding hydrogens is 376 g/mol. The van der Waals surface area contributed by atoms with Gasteiger partial charge in [0, 0.05) is 5.41 Å². The summed E-state index contributed by atoms with van der Waals surface area (Å²) in [5, 5.41) is 10.2. The van der Waals surface area contributed by atoms with Gasteiger partial charge in [-0.3, -0.25) is 0 Å². The highest BCUT2D eigenvalue weighted by molar-refractivity contribution is 5.53. The van der Waals surface area contributed by atoms with Crippen LogP contribution in [0.25, 0.3) is 0 Å². The van der Waals surface area contributed by atoms with Gasteiger partial charge in [-0.15, -0.1) is 0 Å². The molecule has 7 atom stereocenters. The lowest BCUT2D eigenvalue weighted by molar-refractivity contribution is 0.106. The zero-order valence-corrected chi connectivity index (χ0v) is 20.8. The zero-order chi connectivity index (χ0) is 22.4. The van der Waals surface area contributed by atoms with Crippen molar-refractivity contribution in [1.82, 2.24) is 0 Å². The SMILES string of the molecule is C=C(CC)[C@H](CC)CC[C@@H](C)[C@H]1CC[C@H]2C3=CC=C4C[C@@H](O)CC[C@]4(C)C3=CC[C@]12C. The van der Waals surface area contributed by atoms with Crippen LogP contribution in [0.15, 0.2) is 47.1 Å².